The minimum absolute atomic E-state index is 0.0871. The molecule has 2 rings (SSSR count). The number of aryl methyl sites for hydroxylation is 1. The average Bonchev–Trinajstić information content (AvgIpc) is 2.41. The van der Waals surface area contributed by atoms with Gasteiger partial charge in [-0.2, -0.15) is 0 Å². The normalized spacial score (nSPS) is 11.0. The SMILES string of the molecule is Cc1ccc(NC(=O)Nc2ccccc2S(C)(=O)=O)cc1. The van der Waals surface area contributed by atoms with Gasteiger partial charge >= 0.3 is 6.03 Å². The fourth-order valence-electron chi connectivity index (χ4n) is 1.81. The summed E-state index contributed by atoms with van der Waals surface area (Å²) >= 11 is 0. The van der Waals surface area contributed by atoms with Crippen molar-refractivity contribution in [2.75, 3.05) is 16.9 Å². The van der Waals surface area contributed by atoms with Crippen LogP contribution in [0.5, 0.6) is 0 Å². The monoisotopic (exact) mass is 304 g/mol. The summed E-state index contributed by atoms with van der Waals surface area (Å²) in [7, 11) is -3.40. The zero-order valence-corrected chi connectivity index (χ0v) is 12.6. The van der Waals surface area contributed by atoms with E-state index in [1.165, 1.54) is 6.07 Å². The smallest absolute Gasteiger partial charge is 0.308 e. The number of hydrogen-bond acceptors (Lipinski definition) is 3. The number of urea groups is 1. The summed E-state index contributed by atoms with van der Waals surface area (Å²) in [6.07, 6.45) is 1.10. The van der Waals surface area contributed by atoms with Crippen LogP contribution in [0.1, 0.15) is 5.56 Å². The van der Waals surface area contributed by atoms with Gasteiger partial charge in [-0.05, 0) is 31.2 Å². The van der Waals surface area contributed by atoms with Gasteiger partial charge in [0.05, 0.1) is 10.6 Å². The van der Waals surface area contributed by atoms with Crippen molar-refractivity contribution in [1.29, 1.82) is 0 Å². The molecule has 0 saturated heterocycles. The van der Waals surface area contributed by atoms with Crippen molar-refractivity contribution < 1.29 is 13.2 Å². The Hall–Kier alpha value is -2.34. The molecule has 2 amide bonds. The number of sulfone groups is 1. The van der Waals surface area contributed by atoms with Gasteiger partial charge in [0.1, 0.15) is 0 Å². The molecule has 0 saturated carbocycles. The van der Waals surface area contributed by atoms with Gasteiger partial charge in [0.25, 0.3) is 0 Å². The molecule has 0 fully saturated rings. The molecule has 21 heavy (non-hydrogen) atoms. The molecule has 0 radical (unpaired) electrons. The highest BCUT2D eigenvalue weighted by Gasteiger charge is 2.14. The van der Waals surface area contributed by atoms with Crippen LogP contribution in [0.25, 0.3) is 0 Å². The van der Waals surface area contributed by atoms with Crippen LogP contribution in [0.15, 0.2) is 53.4 Å². The van der Waals surface area contributed by atoms with Crippen molar-refractivity contribution >= 4 is 27.2 Å². The second-order valence-corrected chi connectivity index (χ2v) is 6.70. The van der Waals surface area contributed by atoms with Gasteiger partial charge < -0.3 is 10.6 Å². The van der Waals surface area contributed by atoms with Crippen LogP contribution in [0.3, 0.4) is 0 Å². The summed E-state index contributed by atoms with van der Waals surface area (Å²) in [5.74, 6) is 0. The number of para-hydroxylation sites is 1. The predicted molar refractivity (Wildman–Crippen MR) is 83.4 cm³/mol. The Morgan fingerprint density at radius 3 is 2.19 bits per heavy atom. The minimum atomic E-state index is -3.40. The van der Waals surface area contributed by atoms with E-state index in [4.69, 9.17) is 0 Å². The Morgan fingerprint density at radius 1 is 0.952 bits per heavy atom. The lowest BCUT2D eigenvalue weighted by molar-refractivity contribution is 0.262. The Kier molecular flexibility index (Phi) is 4.28. The van der Waals surface area contributed by atoms with E-state index in [2.05, 4.69) is 10.6 Å². The molecule has 0 bridgehead atoms. The first-order chi connectivity index (χ1) is 9.86. The minimum Gasteiger partial charge on any atom is -0.308 e. The Morgan fingerprint density at radius 2 is 1.57 bits per heavy atom. The lowest BCUT2D eigenvalue weighted by atomic mass is 10.2. The van der Waals surface area contributed by atoms with Crippen LogP contribution < -0.4 is 10.6 Å². The summed E-state index contributed by atoms with van der Waals surface area (Å²) in [5, 5.41) is 5.20. The number of rotatable bonds is 3. The maximum Gasteiger partial charge on any atom is 0.323 e. The number of amides is 2. The van der Waals surface area contributed by atoms with E-state index in [0.29, 0.717) is 5.69 Å². The van der Waals surface area contributed by atoms with Gasteiger partial charge in [0, 0.05) is 11.9 Å². The summed E-state index contributed by atoms with van der Waals surface area (Å²) in [6.45, 7) is 1.95. The van der Waals surface area contributed by atoms with E-state index < -0.39 is 15.9 Å². The van der Waals surface area contributed by atoms with Crippen molar-refractivity contribution in [3.63, 3.8) is 0 Å². The van der Waals surface area contributed by atoms with Crippen LogP contribution in [-0.4, -0.2) is 20.7 Å². The van der Waals surface area contributed by atoms with Crippen molar-refractivity contribution in [3.05, 3.63) is 54.1 Å². The highest BCUT2D eigenvalue weighted by Crippen LogP contribution is 2.20. The highest BCUT2D eigenvalue weighted by molar-refractivity contribution is 7.90. The fraction of sp³-hybridized carbons (Fsp3) is 0.133. The van der Waals surface area contributed by atoms with Crippen LogP contribution in [0, 0.1) is 6.92 Å². The molecule has 6 heteroatoms. The van der Waals surface area contributed by atoms with E-state index in [-0.39, 0.29) is 10.6 Å². The van der Waals surface area contributed by atoms with E-state index in [1.54, 1.807) is 30.3 Å². The number of nitrogens with one attached hydrogen (secondary N) is 2. The molecule has 2 aromatic rings. The maximum absolute atomic E-state index is 11.9. The number of hydrogen-bond donors (Lipinski definition) is 2. The molecular formula is C15H16N2O3S. The fourth-order valence-corrected chi connectivity index (χ4v) is 2.66. The lowest BCUT2D eigenvalue weighted by Gasteiger charge is -2.11. The third kappa shape index (κ3) is 4.06. The third-order valence-electron chi connectivity index (χ3n) is 2.84. The van der Waals surface area contributed by atoms with Gasteiger partial charge in [-0.3, -0.25) is 0 Å². The predicted octanol–water partition coefficient (Wildman–Crippen LogP) is 3.04. The van der Waals surface area contributed by atoms with E-state index in [0.717, 1.165) is 11.8 Å². The summed E-state index contributed by atoms with van der Waals surface area (Å²) in [4.78, 5) is 12.0. The van der Waals surface area contributed by atoms with Gasteiger partial charge in [-0.1, -0.05) is 29.8 Å². The Balaban J connectivity index is 2.15. The zero-order chi connectivity index (χ0) is 15.5. The highest BCUT2D eigenvalue weighted by atomic mass is 32.2. The molecule has 2 N–H and O–H groups in total. The van der Waals surface area contributed by atoms with Crippen LogP contribution in [0.2, 0.25) is 0 Å². The second-order valence-electron chi connectivity index (χ2n) is 4.71. The molecule has 110 valence electrons. The molecule has 0 aromatic heterocycles. The molecule has 0 heterocycles. The first kappa shape index (κ1) is 15.1. The molecule has 0 aliphatic rings. The quantitative estimate of drug-likeness (QED) is 0.915. The van der Waals surface area contributed by atoms with Crippen molar-refractivity contribution in [1.82, 2.24) is 0 Å². The first-order valence-electron chi connectivity index (χ1n) is 6.30. The summed E-state index contributed by atoms with van der Waals surface area (Å²) in [6, 6.07) is 13.1. The maximum atomic E-state index is 11.9. The van der Waals surface area contributed by atoms with E-state index >= 15 is 0 Å². The number of benzene rings is 2. The topological polar surface area (TPSA) is 75.3 Å². The Bertz CT molecular complexity index is 753. The largest absolute Gasteiger partial charge is 0.323 e. The third-order valence-corrected chi connectivity index (χ3v) is 4.00. The molecule has 0 atom stereocenters. The molecule has 0 spiro atoms. The molecule has 5 nitrogen and oxygen atoms in total. The lowest BCUT2D eigenvalue weighted by Crippen LogP contribution is -2.20. The summed E-state index contributed by atoms with van der Waals surface area (Å²) < 4.78 is 23.3. The van der Waals surface area contributed by atoms with Crippen LogP contribution in [-0.2, 0) is 9.84 Å². The van der Waals surface area contributed by atoms with Gasteiger partial charge in [0.15, 0.2) is 9.84 Å². The number of carbonyl (C=O) groups excluding carboxylic acids is 1. The molecule has 0 aliphatic carbocycles. The average molecular weight is 304 g/mol. The second kappa shape index (κ2) is 5.97. The van der Waals surface area contributed by atoms with E-state index in [1.807, 2.05) is 19.1 Å². The van der Waals surface area contributed by atoms with Gasteiger partial charge in [-0.25, -0.2) is 13.2 Å². The van der Waals surface area contributed by atoms with Crippen molar-refractivity contribution in [3.8, 4) is 0 Å². The van der Waals surface area contributed by atoms with Crippen molar-refractivity contribution in [2.45, 2.75) is 11.8 Å². The van der Waals surface area contributed by atoms with Crippen LogP contribution in [0.4, 0.5) is 16.2 Å². The number of anilines is 2. The standard InChI is InChI=1S/C15H16N2O3S/c1-11-7-9-12(10-8-11)16-15(18)17-13-5-3-4-6-14(13)21(2,19)20/h3-10H,1-2H3,(H2,16,17,18). The first-order valence-corrected chi connectivity index (χ1v) is 8.19. The Labute approximate surface area is 123 Å². The number of carbonyl (C=O) groups is 1. The summed E-state index contributed by atoms with van der Waals surface area (Å²) in [5.41, 5.74) is 1.97. The molecular weight excluding hydrogens is 288 g/mol. The molecule has 2 aromatic carbocycles. The molecule has 0 unspecified atom stereocenters. The molecule has 0 aliphatic heterocycles. The van der Waals surface area contributed by atoms with Gasteiger partial charge in [0.2, 0.25) is 0 Å². The zero-order valence-electron chi connectivity index (χ0n) is 11.8. The van der Waals surface area contributed by atoms with Crippen LogP contribution >= 0.6 is 0 Å². The van der Waals surface area contributed by atoms with Gasteiger partial charge in [-0.15, -0.1) is 0 Å². The van der Waals surface area contributed by atoms with E-state index in [9.17, 15) is 13.2 Å². The van der Waals surface area contributed by atoms with Crippen molar-refractivity contribution in [2.24, 2.45) is 0 Å².